The van der Waals surface area contributed by atoms with Crippen LogP contribution < -0.4 is 0 Å². The third kappa shape index (κ3) is 8.11. The van der Waals surface area contributed by atoms with E-state index in [9.17, 15) is 18.0 Å². The summed E-state index contributed by atoms with van der Waals surface area (Å²) in [6.07, 6.45) is 2.05. The zero-order valence-corrected chi connectivity index (χ0v) is 12.6. The summed E-state index contributed by atoms with van der Waals surface area (Å²) >= 11 is 0. The highest BCUT2D eigenvalue weighted by Gasteiger charge is 2.35. The summed E-state index contributed by atoms with van der Waals surface area (Å²) in [4.78, 5) is 23.0. The fourth-order valence-corrected chi connectivity index (χ4v) is 1.92. The molecule has 118 valence electrons. The van der Waals surface area contributed by atoms with Crippen molar-refractivity contribution in [3.8, 4) is 0 Å². The first-order valence-electron chi connectivity index (χ1n) is 6.61. The third-order valence-electron chi connectivity index (χ3n) is 2.48. The van der Waals surface area contributed by atoms with Crippen LogP contribution in [-0.2, 0) is 29.2 Å². The van der Waals surface area contributed by atoms with Crippen molar-refractivity contribution in [3.05, 3.63) is 0 Å². The first kappa shape index (κ1) is 18.9. The summed E-state index contributed by atoms with van der Waals surface area (Å²) in [6.45, 7) is 3.98. The van der Waals surface area contributed by atoms with E-state index in [2.05, 4.69) is 0 Å². The predicted octanol–water partition coefficient (Wildman–Crippen LogP) is 1.32. The van der Waals surface area contributed by atoms with Gasteiger partial charge in [0.05, 0.1) is 19.6 Å². The van der Waals surface area contributed by atoms with Crippen LogP contribution in [0, 0.1) is 0 Å². The Morgan fingerprint density at radius 2 is 1.55 bits per heavy atom. The summed E-state index contributed by atoms with van der Waals surface area (Å²) in [5.74, 6) is -1.98. The lowest BCUT2D eigenvalue weighted by Gasteiger charge is -2.12. The van der Waals surface area contributed by atoms with Crippen molar-refractivity contribution >= 4 is 22.1 Å². The molecule has 0 bridgehead atoms. The number of rotatable bonds is 10. The molecule has 0 rings (SSSR count). The molecule has 0 fully saturated rings. The molecule has 1 atom stereocenters. The standard InChI is InChI=1S/C12H22O7S/c1-3-5-7-18-11(13)9-10(20(15,16)17)12(14)19-8-6-4-2/h10H,3-9H2,1-2H3,(H,15,16,17)/t10-/m0/s1. The molecule has 0 amide bonds. The molecule has 0 saturated carbocycles. The summed E-state index contributed by atoms with van der Waals surface area (Å²) < 4.78 is 40.7. The molecular formula is C12H22O7S. The van der Waals surface area contributed by atoms with E-state index in [1.54, 1.807) is 0 Å². The quantitative estimate of drug-likeness (QED) is 0.368. The van der Waals surface area contributed by atoms with E-state index in [1.807, 2.05) is 13.8 Å². The van der Waals surface area contributed by atoms with E-state index in [1.165, 1.54) is 0 Å². The molecule has 0 aromatic rings. The maximum atomic E-state index is 11.6. The van der Waals surface area contributed by atoms with Crippen LogP contribution in [0.25, 0.3) is 0 Å². The van der Waals surface area contributed by atoms with Crippen molar-refractivity contribution < 1.29 is 32.0 Å². The lowest BCUT2D eigenvalue weighted by Crippen LogP contribution is -2.34. The molecule has 8 heteroatoms. The smallest absolute Gasteiger partial charge is 0.327 e. The van der Waals surface area contributed by atoms with Gasteiger partial charge in [0.1, 0.15) is 0 Å². The number of unbranched alkanes of at least 4 members (excludes halogenated alkanes) is 2. The van der Waals surface area contributed by atoms with Gasteiger partial charge in [0.2, 0.25) is 0 Å². The molecule has 0 spiro atoms. The molecule has 0 saturated heterocycles. The van der Waals surface area contributed by atoms with Gasteiger partial charge < -0.3 is 9.47 Å². The number of carbonyl (C=O) groups is 2. The van der Waals surface area contributed by atoms with Crippen LogP contribution in [0.2, 0.25) is 0 Å². The average molecular weight is 310 g/mol. The molecule has 0 aliphatic heterocycles. The Kier molecular flexibility index (Phi) is 9.15. The van der Waals surface area contributed by atoms with Crippen LogP contribution in [0.5, 0.6) is 0 Å². The van der Waals surface area contributed by atoms with Crippen molar-refractivity contribution in [2.45, 2.75) is 51.2 Å². The Labute approximate surface area is 119 Å². The highest BCUT2D eigenvalue weighted by Crippen LogP contribution is 2.09. The van der Waals surface area contributed by atoms with Crippen molar-refractivity contribution in [1.29, 1.82) is 0 Å². The van der Waals surface area contributed by atoms with E-state index >= 15 is 0 Å². The zero-order valence-electron chi connectivity index (χ0n) is 11.8. The van der Waals surface area contributed by atoms with E-state index < -0.39 is 33.7 Å². The highest BCUT2D eigenvalue weighted by atomic mass is 32.2. The van der Waals surface area contributed by atoms with Gasteiger partial charge in [-0.2, -0.15) is 8.42 Å². The van der Waals surface area contributed by atoms with Gasteiger partial charge in [-0.05, 0) is 12.8 Å². The number of esters is 2. The van der Waals surface area contributed by atoms with Crippen LogP contribution in [-0.4, -0.2) is 43.4 Å². The van der Waals surface area contributed by atoms with Crippen LogP contribution >= 0.6 is 0 Å². The molecule has 0 radical (unpaired) electrons. The third-order valence-corrected chi connectivity index (χ3v) is 3.56. The van der Waals surface area contributed by atoms with E-state index in [0.717, 1.165) is 12.8 Å². The first-order chi connectivity index (χ1) is 9.32. The van der Waals surface area contributed by atoms with Crippen LogP contribution in [0.15, 0.2) is 0 Å². The van der Waals surface area contributed by atoms with Crippen molar-refractivity contribution in [1.82, 2.24) is 0 Å². The summed E-state index contributed by atoms with van der Waals surface area (Å²) in [5, 5.41) is -1.92. The van der Waals surface area contributed by atoms with E-state index in [0.29, 0.717) is 12.8 Å². The van der Waals surface area contributed by atoms with Crippen LogP contribution in [0.1, 0.15) is 46.0 Å². The molecule has 0 aromatic carbocycles. The average Bonchev–Trinajstić information content (AvgIpc) is 2.35. The second kappa shape index (κ2) is 9.71. The Balaban J connectivity index is 4.50. The van der Waals surface area contributed by atoms with Gasteiger partial charge >= 0.3 is 11.9 Å². The normalized spacial score (nSPS) is 12.8. The van der Waals surface area contributed by atoms with Crippen LogP contribution in [0.3, 0.4) is 0 Å². The van der Waals surface area contributed by atoms with Gasteiger partial charge in [-0.25, -0.2) is 0 Å². The van der Waals surface area contributed by atoms with Crippen molar-refractivity contribution in [2.75, 3.05) is 13.2 Å². The van der Waals surface area contributed by atoms with Gasteiger partial charge in [-0.15, -0.1) is 0 Å². The molecule has 0 unspecified atom stereocenters. The SMILES string of the molecule is CCCCOC(=O)C[C@@H](C(=O)OCCCC)S(=O)(=O)O. The number of ether oxygens (including phenoxy) is 2. The Hall–Kier alpha value is -1.15. The second-order valence-electron chi connectivity index (χ2n) is 4.30. The summed E-state index contributed by atoms with van der Waals surface area (Å²) in [6, 6.07) is 0. The topological polar surface area (TPSA) is 107 Å². The lowest BCUT2D eigenvalue weighted by molar-refractivity contribution is -0.150. The largest absolute Gasteiger partial charge is 0.466 e. The summed E-state index contributed by atoms with van der Waals surface area (Å²) in [7, 11) is -4.70. The summed E-state index contributed by atoms with van der Waals surface area (Å²) in [5.41, 5.74) is 0. The molecule has 0 heterocycles. The molecule has 0 aromatic heterocycles. The van der Waals surface area contributed by atoms with Gasteiger partial charge in [-0.1, -0.05) is 26.7 Å². The Bertz CT molecular complexity index is 402. The van der Waals surface area contributed by atoms with E-state index in [4.69, 9.17) is 14.0 Å². The molecule has 1 N–H and O–H groups in total. The van der Waals surface area contributed by atoms with Gasteiger partial charge in [0.15, 0.2) is 5.25 Å². The number of carbonyl (C=O) groups excluding carboxylic acids is 2. The van der Waals surface area contributed by atoms with Gasteiger partial charge in [0, 0.05) is 0 Å². The van der Waals surface area contributed by atoms with Gasteiger partial charge in [0.25, 0.3) is 10.1 Å². The molecular weight excluding hydrogens is 288 g/mol. The minimum atomic E-state index is -4.70. The Morgan fingerprint density at radius 3 is 2.00 bits per heavy atom. The van der Waals surface area contributed by atoms with E-state index in [-0.39, 0.29) is 13.2 Å². The van der Waals surface area contributed by atoms with Gasteiger partial charge in [-0.3, -0.25) is 14.1 Å². The minimum absolute atomic E-state index is 0.0479. The van der Waals surface area contributed by atoms with Crippen LogP contribution in [0.4, 0.5) is 0 Å². The first-order valence-corrected chi connectivity index (χ1v) is 8.11. The molecule has 0 aliphatic carbocycles. The maximum Gasteiger partial charge on any atom is 0.327 e. The second-order valence-corrected chi connectivity index (χ2v) is 5.90. The fourth-order valence-electron chi connectivity index (χ4n) is 1.26. The van der Waals surface area contributed by atoms with Crippen molar-refractivity contribution in [3.63, 3.8) is 0 Å². The minimum Gasteiger partial charge on any atom is -0.466 e. The molecule has 20 heavy (non-hydrogen) atoms. The molecule has 7 nitrogen and oxygen atoms in total. The number of hydrogen-bond donors (Lipinski definition) is 1. The predicted molar refractivity (Wildman–Crippen MR) is 71.7 cm³/mol. The highest BCUT2D eigenvalue weighted by molar-refractivity contribution is 7.87. The number of hydrogen-bond acceptors (Lipinski definition) is 6. The van der Waals surface area contributed by atoms with Crippen molar-refractivity contribution in [2.24, 2.45) is 0 Å². The maximum absolute atomic E-state index is 11.6. The fraction of sp³-hybridized carbons (Fsp3) is 0.833. The Morgan fingerprint density at radius 1 is 1.05 bits per heavy atom. The monoisotopic (exact) mass is 310 g/mol. The lowest BCUT2D eigenvalue weighted by atomic mass is 10.3. The zero-order chi connectivity index (χ0) is 15.6. The molecule has 0 aliphatic rings.